The van der Waals surface area contributed by atoms with Gasteiger partial charge >= 0.3 is 0 Å². The summed E-state index contributed by atoms with van der Waals surface area (Å²) in [5.41, 5.74) is 1.26. The fourth-order valence-electron chi connectivity index (χ4n) is 1.89. The second-order valence-corrected chi connectivity index (χ2v) is 4.69. The smallest absolute Gasteiger partial charge is 0.168 e. The molecule has 0 aliphatic rings. The lowest BCUT2D eigenvalue weighted by Gasteiger charge is -2.09. The van der Waals surface area contributed by atoms with E-state index in [1.165, 1.54) is 6.07 Å². The third-order valence-electron chi connectivity index (χ3n) is 3.03. The maximum atomic E-state index is 13.1. The molecule has 0 unspecified atom stereocenters. The first-order valence-corrected chi connectivity index (χ1v) is 6.56. The summed E-state index contributed by atoms with van der Waals surface area (Å²) in [5.74, 6) is -1.36. The van der Waals surface area contributed by atoms with Gasteiger partial charge in [0.1, 0.15) is 5.75 Å². The molecule has 0 atom stereocenters. The van der Waals surface area contributed by atoms with Gasteiger partial charge < -0.3 is 10.1 Å². The summed E-state index contributed by atoms with van der Waals surface area (Å²) in [6.07, 6.45) is 0.0469. The fourth-order valence-corrected chi connectivity index (χ4v) is 1.89. The van der Waals surface area contributed by atoms with E-state index in [9.17, 15) is 13.6 Å². The number of ether oxygens (including phenoxy) is 1. The molecule has 0 saturated carbocycles. The lowest BCUT2D eigenvalue weighted by Crippen LogP contribution is -2.06. The van der Waals surface area contributed by atoms with E-state index >= 15 is 0 Å². The van der Waals surface area contributed by atoms with Gasteiger partial charge in [-0.25, -0.2) is 8.78 Å². The fraction of sp³-hybridized carbons (Fsp3) is 0.118. The van der Waals surface area contributed by atoms with Crippen LogP contribution < -0.4 is 10.1 Å². The molecule has 1 N–H and O–H groups in total. The van der Waals surface area contributed by atoms with E-state index in [1.807, 2.05) is 0 Å². The number of carbonyl (C=O) groups is 1. The third kappa shape index (κ3) is 3.91. The number of hydrogen-bond donors (Lipinski definition) is 1. The van der Waals surface area contributed by atoms with Crippen molar-refractivity contribution in [1.82, 2.24) is 0 Å². The molecular formula is C17H15F2NO2. The second kappa shape index (κ2) is 6.85. The van der Waals surface area contributed by atoms with Crippen molar-refractivity contribution in [3.8, 4) is 5.75 Å². The van der Waals surface area contributed by atoms with Gasteiger partial charge in [0, 0.05) is 23.0 Å². The number of anilines is 1. The van der Waals surface area contributed by atoms with Crippen molar-refractivity contribution in [2.75, 3.05) is 12.4 Å². The van der Waals surface area contributed by atoms with Crippen molar-refractivity contribution in [1.29, 1.82) is 0 Å². The van der Waals surface area contributed by atoms with Gasteiger partial charge in [0.2, 0.25) is 0 Å². The average molecular weight is 303 g/mol. The Bertz CT molecular complexity index is 696. The van der Waals surface area contributed by atoms with E-state index in [0.29, 0.717) is 22.7 Å². The van der Waals surface area contributed by atoms with Crippen LogP contribution in [0.3, 0.4) is 0 Å². The summed E-state index contributed by atoms with van der Waals surface area (Å²) in [4.78, 5) is 12.1. The van der Waals surface area contributed by atoms with Crippen molar-refractivity contribution in [3.63, 3.8) is 0 Å². The van der Waals surface area contributed by atoms with Crippen LogP contribution in [-0.4, -0.2) is 12.9 Å². The molecule has 0 heterocycles. The maximum Gasteiger partial charge on any atom is 0.168 e. The number of nitrogens with one attached hydrogen (secondary N) is 1. The van der Waals surface area contributed by atoms with Crippen LogP contribution >= 0.6 is 0 Å². The van der Waals surface area contributed by atoms with Crippen LogP contribution in [0.1, 0.15) is 16.8 Å². The summed E-state index contributed by atoms with van der Waals surface area (Å²) in [6.45, 7) is 3.73. The SMILES string of the molecule is C=C(CC(=O)c1ccc(OC)cc1)Nc1ccc(F)c(F)c1. The van der Waals surface area contributed by atoms with Crippen molar-refractivity contribution in [2.24, 2.45) is 0 Å². The number of halogens is 2. The maximum absolute atomic E-state index is 13.1. The Morgan fingerprint density at radius 2 is 1.82 bits per heavy atom. The molecule has 0 saturated heterocycles. The average Bonchev–Trinajstić information content (AvgIpc) is 2.51. The second-order valence-electron chi connectivity index (χ2n) is 4.69. The molecule has 22 heavy (non-hydrogen) atoms. The van der Waals surface area contributed by atoms with Gasteiger partial charge in [0.15, 0.2) is 17.4 Å². The largest absolute Gasteiger partial charge is 0.497 e. The highest BCUT2D eigenvalue weighted by molar-refractivity contribution is 5.97. The molecule has 0 amide bonds. The number of benzene rings is 2. The first-order valence-electron chi connectivity index (χ1n) is 6.56. The predicted molar refractivity (Wildman–Crippen MR) is 81.1 cm³/mol. The molecule has 0 fully saturated rings. The summed E-state index contributed by atoms with van der Waals surface area (Å²) in [5, 5.41) is 2.79. The van der Waals surface area contributed by atoms with E-state index < -0.39 is 11.6 Å². The van der Waals surface area contributed by atoms with Crippen LogP contribution in [0.4, 0.5) is 14.5 Å². The Hall–Kier alpha value is -2.69. The molecular weight excluding hydrogens is 288 g/mol. The molecule has 2 aromatic carbocycles. The number of ketones is 1. The highest BCUT2D eigenvalue weighted by Gasteiger charge is 2.09. The van der Waals surface area contributed by atoms with Crippen LogP contribution in [0, 0.1) is 11.6 Å². The van der Waals surface area contributed by atoms with Crippen LogP contribution in [0.25, 0.3) is 0 Å². The Kier molecular flexibility index (Phi) is 4.88. The van der Waals surface area contributed by atoms with Crippen molar-refractivity contribution in [3.05, 3.63) is 71.9 Å². The van der Waals surface area contributed by atoms with E-state index in [0.717, 1.165) is 12.1 Å². The summed E-state index contributed by atoms with van der Waals surface area (Å²) in [7, 11) is 1.55. The van der Waals surface area contributed by atoms with Crippen molar-refractivity contribution >= 4 is 11.5 Å². The van der Waals surface area contributed by atoms with Gasteiger partial charge in [-0.1, -0.05) is 6.58 Å². The minimum atomic E-state index is -0.959. The van der Waals surface area contributed by atoms with E-state index in [-0.39, 0.29) is 12.2 Å². The van der Waals surface area contributed by atoms with Gasteiger partial charge in [0.05, 0.1) is 13.5 Å². The molecule has 0 bridgehead atoms. The van der Waals surface area contributed by atoms with E-state index in [2.05, 4.69) is 11.9 Å². The number of rotatable bonds is 6. The third-order valence-corrected chi connectivity index (χ3v) is 3.03. The summed E-state index contributed by atoms with van der Waals surface area (Å²) < 4.78 is 31.0. The number of hydrogen-bond acceptors (Lipinski definition) is 3. The van der Waals surface area contributed by atoms with Crippen LogP contribution in [-0.2, 0) is 0 Å². The Morgan fingerprint density at radius 1 is 1.14 bits per heavy atom. The van der Waals surface area contributed by atoms with Gasteiger partial charge in [-0.3, -0.25) is 4.79 Å². The first kappa shape index (κ1) is 15.7. The monoisotopic (exact) mass is 303 g/mol. The Balaban J connectivity index is 1.98. The lowest BCUT2D eigenvalue weighted by molar-refractivity contribution is 0.0993. The molecule has 2 rings (SSSR count). The van der Waals surface area contributed by atoms with Gasteiger partial charge in [-0.2, -0.15) is 0 Å². The van der Waals surface area contributed by atoms with Crippen LogP contribution in [0.5, 0.6) is 5.75 Å². The van der Waals surface area contributed by atoms with Crippen LogP contribution in [0.2, 0.25) is 0 Å². The van der Waals surface area contributed by atoms with Crippen molar-refractivity contribution < 1.29 is 18.3 Å². The van der Waals surface area contributed by atoms with Gasteiger partial charge in [-0.15, -0.1) is 0 Å². The van der Waals surface area contributed by atoms with Gasteiger partial charge in [-0.05, 0) is 36.4 Å². The summed E-state index contributed by atoms with van der Waals surface area (Å²) in [6, 6.07) is 10.1. The molecule has 3 nitrogen and oxygen atoms in total. The molecule has 5 heteroatoms. The minimum absolute atomic E-state index is 0.0469. The Labute approximate surface area is 127 Å². The standard InChI is InChI=1S/C17H15F2NO2/c1-11(20-13-5-8-15(18)16(19)10-13)9-17(21)12-3-6-14(22-2)7-4-12/h3-8,10,20H,1,9H2,2H3. The number of Topliss-reactive ketones (excluding diaryl/α,β-unsaturated/α-hetero) is 1. The normalized spacial score (nSPS) is 10.1. The molecule has 2 aromatic rings. The molecule has 0 aliphatic heterocycles. The van der Waals surface area contributed by atoms with E-state index in [1.54, 1.807) is 31.4 Å². The molecule has 0 aromatic heterocycles. The molecule has 0 spiro atoms. The highest BCUT2D eigenvalue weighted by Crippen LogP contribution is 2.18. The summed E-state index contributed by atoms with van der Waals surface area (Å²) >= 11 is 0. The molecule has 114 valence electrons. The zero-order valence-corrected chi connectivity index (χ0v) is 12.0. The predicted octanol–water partition coefficient (Wildman–Crippen LogP) is 4.17. The highest BCUT2D eigenvalue weighted by atomic mass is 19.2. The lowest BCUT2D eigenvalue weighted by atomic mass is 10.1. The van der Waals surface area contributed by atoms with Crippen LogP contribution in [0.15, 0.2) is 54.7 Å². The Morgan fingerprint density at radius 3 is 2.41 bits per heavy atom. The molecule has 0 aliphatic carbocycles. The quantitative estimate of drug-likeness (QED) is 0.814. The molecule has 0 radical (unpaired) electrons. The number of carbonyl (C=O) groups excluding carboxylic acids is 1. The first-order chi connectivity index (χ1) is 10.5. The minimum Gasteiger partial charge on any atom is -0.497 e. The zero-order valence-electron chi connectivity index (χ0n) is 12.0. The van der Waals surface area contributed by atoms with Gasteiger partial charge in [0.25, 0.3) is 0 Å². The number of allylic oxidation sites excluding steroid dienone is 1. The van der Waals surface area contributed by atoms with E-state index in [4.69, 9.17) is 4.74 Å². The topological polar surface area (TPSA) is 38.3 Å². The van der Waals surface area contributed by atoms with Crippen molar-refractivity contribution in [2.45, 2.75) is 6.42 Å². The zero-order chi connectivity index (χ0) is 16.1. The number of methoxy groups -OCH3 is 1.